The number of hydrogen-bond donors (Lipinski definition) is 0. The second-order valence-electron chi connectivity index (χ2n) is 21.2. The molecule has 0 saturated heterocycles. The van der Waals surface area contributed by atoms with Crippen LogP contribution < -0.4 is 22.8 Å². The number of aryl methyl sites for hydroxylation is 13. The van der Waals surface area contributed by atoms with Gasteiger partial charge in [-0.2, -0.15) is 0 Å². The van der Waals surface area contributed by atoms with E-state index in [2.05, 4.69) is 157 Å². The molecule has 2 unspecified atom stereocenters. The van der Waals surface area contributed by atoms with Crippen LogP contribution in [-0.2, 0) is 48.1 Å². The highest BCUT2D eigenvalue weighted by molar-refractivity contribution is 5.65. The van der Waals surface area contributed by atoms with E-state index < -0.39 is 32.3 Å². The lowest BCUT2D eigenvalue weighted by atomic mass is 9.96. The Morgan fingerprint density at radius 1 is 0.358 bits per heavy atom. The first kappa shape index (κ1) is 47.6. The largest absolute Gasteiger partial charge is 0.212 e. The van der Waals surface area contributed by atoms with Crippen molar-refractivity contribution in [3.8, 4) is 56.3 Å². The SMILES string of the molecule is Cc1ccc(C)c(-c2cccc[n+]2C)c1.Cc1ccc(C)c(-c2cccc[n+]2C)c1.[2H]C([2H])([2H])C([2H])(C)Cc1ccc(-c2cccc[n+]2C)c(C)c1.[2H]C([2H])([2H])C([2H])(C)c1ccc(-c2cccc[n+]2C)c(C)c1.[2H]C([2H])([2H])Cc1ccc(-c2cccc[n+]2C)c(C)c1. The van der Waals surface area contributed by atoms with Gasteiger partial charge in [0.25, 0.3) is 0 Å². The van der Waals surface area contributed by atoms with Gasteiger partial charge in [0, 0.05) is 104 Å². The molecule has 10 rings (SSSR count). The van der Waals surface area contributed by atoms with E-state index >= 15 is 0 Å². The van der Waals surface area contributed by atoms with Gasteiger partial charge in [0.1, 0.15) is 35.2 Å². The molecule has 5 aromatic carbocycles. The van der Waals surface area contributed by atoms with E-state index in [1.807, 2.05) is 156 Å². The van der Waals surface area contributed by atoms with Crippen LogP contribution in [0, 0.1) is 54.4 Å². The third-order valence-corrected chi connectivity index (χ3v) is 14.4. The lowest BCUT2D eigenvalue weighted by Crippen LogP contribution is -2.30. The Kier molecular flexibility index (Phi) is 17.6. The molecule has 5 heterocycles. The van der Waals surface area contributed by atoms with Crippen molar-refractivity contribution in [2.24, 2.45) is 41.1 Å². The minimum Gasteiger partial charge on any atom is -0.201 e. The Bertz CT molecular complexity index is 4030. The molecule has 0 bridgehead atoms. The maximum atomic E-state index is 8.17. The highest BCUT2D eigenvalue weighted by atomic mass is 14.9. The van der Waals surface area contributed by atoms with Crippen LogP contribution in [0.1, 0.15) is 111 Å². The zero-order chi connectivity index (χ0) is 68.1. The normalized spacial score (nSPS) is 14.5. The lowest BCUT2D eigenvalue weighted by molar-refractivity contribution is -0.660. The number of aromatic nitrogens is 5. The van der Waals surface area contributed by atoms with Gasteiger partial charge in [-0.3, -0.25) is 0 Å². The van der Waals surface area contributed by atoms with E-state index in [0.29, 0.717) is 5.56 Å². The van der Waals surface area contributed by atoms with Crippen molar-refractivity contribution in [3.63, 3.8) is 0 Å². The number of nitrogens with zero attached hydrogens (tertiary/aromatic N) is 5. The van der Waals surface area contributed by atoms with Gasteiger partial charge >= 0.3 is 0 Å². The second kappa shape index (κ2) is 29.9. The molecule has 0 aliphatic heterocycles. The highest BCUT2D eigenvalue weighted by Gasteiger charge is 2.16. The first-order valence-electron chi connectivity index (χ1n) is 33.2. The fourth-order valence-electron chi connectivity index (χ4n) is 9.78. The minimum atomic E-state index is -2.35. The summed E-state index contributed by atoms with van der Waals surface area (Å²) in [5, 5.41) is 0. The number of hydrogen-bond acceptors (Lipinski definition) is 0. The number of rotatable bonds is 9. The molecule has 5 nitrogen and oxygen atoms in total. The summed E-state index contributed by atoms with van der Waals surface area (Å²) in [6.07, 6.45) is 10.5. The quantitative estimate of drug-likeness (QED) is 0.128. The maximum absolute atomic E-state index is 8.17. The lowest BCUT2D eigenvalue weighted by Gasteiger charge is -2.09. The van der Waals surface area contributed by atoms with Crippen LogP contribution in [0.2, 0.25) is 0 Å². The van der Waals surface area contributed by atoms with E-state index in [1.54, 1.807) is 6.07 Å². The van der Waals surface area contributed by atoms with Crippen LogP contribution in [0.4, 0.5) is 0 Å². The second-order valence-corrected chi connectivity index (χ2v) is 21.2. The maximum Gasteiger partial charge on any atom is 0.212 e. The molecule has 0 saturated carbocycles. The summed E-state index contributed by atoms with van der Waals surface area (Å²) in [6.45, 7) is 10.9. The van der Waals surface area contributed by atoms with Gasteiger partial charge in [0.15, 0.2) is 31.0 Å². The van der Waals surface area contributed by atoms with Gasteiger partial charge in [-0.15, -0.1) is 0 Å². The summed E-state index contributed by atoms with van der Waals surface area (Å²) < 4.78 is 93.7. The van der Waals surface area contributed by atoms with Crippen molar-refractivity contribution in [1.29, 1.82) is 0 Å². The summed E-state index contributed by atoms with van der Waals surface area (Å²) in [5.41, 5.74) is 22.4. The Labute approximate surface area is 503 Å². The Hall–Kier alpha value is -8.15. The topological polar surface area (TPSA) is 19.4 Å². The average Bonchev–Trinajstić information content (AvgIpc) is 0.811. The first-order chi connectivity index (χ1) is 43.0. The van der Waals surface area contributed by atoms with Crippen molar-refractivity contribution >= 4 is 0 Å². The van der Waals surface area contributed by atoms with Gasteiger partial charge in [-0.1, -0.05) is 106 Å². The monoisotopic (exact) mass is 1090 g/mol. The third-order valence-electron chi connectivity index (χ3n) is 14.4. The molecule has 0 fully saturated rings. The molecule has 0 N–H and O–H groups in total. The predicted octanol–water partition coefficient (Wildman–Crippen LogP) is 15.9. The summed E-state index contributed by atoms with van der Waals surface area (Å²) in [6, 6.07) is 61.0. The fourth-order valence-corrected chi connectivity index (χ4v) is 9.78. The zero-order valence-corrected chi connectivity index (χ0v) is 50.4. The van der Waals surface area contributed by atoms with Gasteiger partial charge in [0.05, 0.1) is 0 Å². The molecule has 0 aliphatic carbocycles. The van der Waals surface area contributed by atoms with Crippen molar-refractivity contribution < 1.29 is 37.9 Å². The molecular weight excluding hydrogens is 983 g/mol. The van der Waals surface area contributed by atoms with Crippen molar-refractivity contribution in [1.82, 2.24) is 0 Å². The molecule has 416 valence electrons. The molecule has 81 heavy (non-hydrogen) atoms. The molecule has 0 amide bonds. The summed E-state index contributed by atoms with van der Waals surface area (Å²) in [4.78, 5) is 0. The molecule has 2 atom stereocenters. The number of benzene rings is 5. The van der Waals surface area contributed by atoms with Crippen LogP contribution in [0.5, 0.6) is 0 Å². The predicted molar refractivity (Wildman–Crippen MR) is 340 cm³/mol. The number of pyridine rings is 5. The zero-order valence-electron chi connectivity index (χ0n) is 61.4. The summed E-state index contributed by atoms with van der Waals surface area (Å²) >= 11 is 0. The Morgan fingerprint density at radius 3 is 1.06 bits per heavy atom. The molecule has 5 heteroatoms. The molecule has 10 aromatic rings. The summed E-state index contributed by atoms with van der Waals surface area (Å²) in [5.74, 6) is -3.08. The van der Waals surface area contributed by atoms with E-state index in [9.17, 15) is 0 Å². The molecular formula is C76H92N5+5. The Balaban J connectivity index is 0.000000184. The van der Waals surface area contributed by atoms with Crippen LogP contribution in [0.15, 0.2) is 213 Å². The van der Waals surface area contributed by atoms with Gasteiger partial charge in [-0.25, -0.2) is 22.8 Å². The first-order valence-corrected chi connectivity index (χ1v) is 27.7. The molecule has 0 spiro atoms. The van der Waals surface area contributed by atoms with Crippen LogP contribution in [-0.4, -0.2) is 0 Å². The third kappa shape index (κ3) is 17.4. The standard InChI is InChI=1S/C17H22N.C16H20N.C15H18N.2C14H16N/c1-13(2)11-15-8-9-16(14(3)12-15)17-7-5-6-10-18(17)4;1-12(2)14-8-9-15(13(3)11-14)16-7-5-6-10-17(16)4;1-4-13-8-9-14(12(2)11-13)15-7-5-6-10-16(15)3;2*1-11-7-8-12(2)13(10-11)14-6-4-5-9-15(14)3/h5-10,12-13H,11H2,1-4H3;5-12H,1-4H3;5-11H,4H2,1-3H3;2*4-10H,1-3H3/q5*+1/i1D3,13D;1D3,12D;1D3;;. The molecule has 5 aromatic heterocycles. The molecule has 0 aliphatic rings. The van der Waals surface area contributed by atoms with Crippen LogP contribution >= 0.6 is 0 Å². The molecule has 0 radical (unpaired) electrons. The van der Waals surface area contributed by atoms with Crippen molar-refractivity contribution in [2.75, 3.05) is 0 Å². The van der Waals surface area contributed by atoms with Crippen molar-refractivity contribution in [3.05, 3.63) is 269 Å². The van der Waals surface area contributed by atoms with E-state index in [1.165, 1.54) is 58.6 Å². The summed E-state index contributed by atoms with van der Waals surface area (Å²) in [7, 11) is 10.1. The minimum absolute atomic E-state index is 0.120. The Morgan fingerprint density at radius 2 is 0.716 bits per heavy atom. The smallest absolute Gasteiger partial charge is 0.201 e. The van der Waals surface area contributed by atoms with Gasteiger partial charge < -0.3 is 0 Å². The van der Waals surface area contributed by atoms with E-state index in [-0.39, 0.29) is 12.8 Å². The fraction of sp³-hybridized carbons (Fsp3) is 0.276. The van der Waals surface area contributed by atoms with E-state index in [0.717, 1.165) is 61.6 Å². The highest BCUT2D eigenvalue weighted by Crippen LogP contribution is 2.27. The van der Waals surface area contributed by atoms with E-state index in [4.69, 9.17) is 15.1 Å². The van der Waals surface area contributed by atoms with Gasteiger partial charge in [0.2, 0.25) is 28.5 Å². The average molecular weight is 1090 g/mol. The van der Waals surface area contributed by atoms with Crippen molar-refractivity contribution in [2.45, 2.75) is 102 Å². The van der Waals surface area contributed by atoms with Crippen LogP contribution in [0.3, 0.4) is 0 Å². The van der Waals surface area contributed by atoms with Crippen LogP contribution in [0.25, 0.3) is 56.3 Å². The van der Waals surface area contributed by atoms with Gasteiger partial charge in [-0.05, 0) is 178 Å².